The number of likely N-dealkylation sites (N-methyl/N-ethyl adjacent to an activating group) is 1. The van der Waals surface area contributed by atoms with Gasteiger partial charge in [0.25, 0.3) is 0 Å². The summed E-state index contributed by atoms with van der Waals surface area (Å²) in [6.07, 6.45) is 14.0. The highest BCUT2D eigenvalue weighted by molar-refractivity contribution is 5.02. The molecule has 0 aliphatic heterocycles. The molecular formula is C17H33N3. The summed E-state index contributed by atoms with van der Waals surface area (Å²) in [5.74, 6) is 9.02. The second kappa shape index (κ2) is 5.94. The molecular weight excluding hydrogens is 246 g/mol. The predicted molar refractivity (Wildman–Crippen MR) is 84.2 cm³/mol. The molecule has 0 spiro atoms. The Balaban J connectivity index is 1.70. The number of nitrogens with one attached hydrogen (secondary N) is 1. The van der Waals surface area contributed by atoms with Gasteiger partial charge in [-0.15, -0.1) is 0 Å². The van der Waals surface area contributed by atoms with Crippen LogP contribution < -0.4 is 11.3 Å². The molecule has 3 fully saturated rings. The van der Waals surface area contributed by atoms with Crippen molar-refractivity contribution in [3.05, 3.63) is 0 Å². The van der Waals surface area contributed by atoms with Crippen LogP contribution in [0, 0.1) is 17.8 Å². The topological polar surface area (TPSA) is 41.3 Å². The fourth-order valence-corrected chi connectivity index (χ4v) is 5.68. The van der Waals surface area contributed by atoms with E-state index in [1.165, 1.54) is 64.2 Å². The van der Waals surface area contributed by atoms with Crippen LogP contribution in [0.15, 0.2) is 0 Å². The molecule has 4 atom stereocenters. The molecule has 0 amide bonds. The van der Waals surface area contributed by atoms with Crippen molar-refractivity contribution in [1.82, 2.24) is 10.3 Å². The summed E-state index contributed by atoms with van der Waals surface area (Å²) in [4.78, 5) is 2.48. The molecule has 0 aromatic carbocycles. The fourth-order valence-electron chi connectivity index (χ4n) is 5.68. The van der Waals surface area contributed by atoms with Crippen LogP contribution in [0.2, 0.25) is 0 Å². The SMILES string of the molecule is CN(C)C1(C(CC2CC3CCC2C3)NN)CCCCC1. The molecule has 3 aliphatic carbocycles. The molecule has 0 heterocycles. The van der Waals surface area contributed by atoms with Crippen LogP contribution in [0.4, 0.5) is 0 Å². The zero-order valence-corrected chi connectivity index (χ0v) is 13.4. The first-order valence-corrected chi connectivity index (χ1v) is 8.79. The number of hydrogen-bond donors (Lipinski definition) is 2. The van der Waals surface area contributed by atoms with Crippen LogP contribution in [0.5, 0.6) is 0 Å². The van der Waals surface area contributed by atoms with Gasteiger partial charge in [-0.1, -0.05) is 25.7 Å². The standard InChI is InChI=1S/C17H33N3/c1-20(2)17(8-4-3-5-9-17)16(19-18)12-15-11-13-6-7-14(15)10-13/h13-16,19H,3-12,18H2,1-2H3. The first-order valence-electron chi connectivity index (χ1n) is 8.79. The molecule has 0 aromatic rings. The smallest absolute Gasteiger partial charge is 0.0397 e. The monoisotopic (exact) mass is 279 g/mol. The van der Waals surface area contributed by atoms with Gasteiger partial charge in [-0.2, -0.15) is 0 Å². The molecule has 3 aliphatic rings. The van der Waals surface area contributed by atoms with Crippen molar-refractivity contribution in [3.63, 3.8) is 0 Å². The van der Waals surface area contributed by atoms with E-state index < -0.39 is 0 Å². The number of fused-ring (bicyclic) bond motifs is 2. The zero-order valence-electron chi connectivity index (χ0n) is 13.4. The molecule has 0 saturated heterocycles. The van der Waals surface area contributed by atoms with Crippen molar-refractivity contribution >= 4 is 0 Å². The van der Waals surface area contributed by atoms with Crippen molar-refractivity contribution < 1.29 is 0 Å². The van der Waals surface area contributed by atoms with Gasteiger partial charge in [0, 0.05) is 11.6 Å². The Morgan fingerprint density at radius 2 is 1.90 bits per heavy atom. The van der Waals surface area contributed by atoms with E-state index in [0.29, 0.717) is 11.6 Å². The van der Waals surface area contributed by atoms with Gasteiger partial charge >= 0.3 is 0 Å². The van der Waals surface area contributed by atoms with Gasteiger partial charge in [-0.05, 0) is 70.4 Å². The largest absolute Gasteiger partial charge is 0.302 e. The fraction of sp³-hybridized carbons (Fsp3) is 1.00. The van der Waals surface area contributed by atoms with Crippen molar-refractivity contribution in [2.75, 3.05) is 14.1 Å². The van der Waals surface area contributed by atoms with Crippen molar-refractivity contribution in [1.29, 1.82) is 0 Å². The van der Waals surface area contributed by atoms with E-state index in [2.05, 4.69) is 24.4 Å². The van der Waals surface area contributed by atoms with Crippen LogP contribution in [-0.4, -0.2) is 30.6 Å². The Morgan fingerprint density at radius 3 is 2.40 bits per heavy atom. The van der Waals surface area contributed by atoms with Gasteiger partial charge in [0.05, 0.1) is 0 Å². The maximum Gasteiger partial charge on any atom is 0.0397 e. The third-order valence-corrected chi connectivity index (χ3v) is 6.88. The molecule has 0 aromatic heterocycles. The van der Waals surface area contributed by atoms with E-state index >= 15 is 0 Å². The molecule has 116 valence electrons. The first kappa shape index (κ1) is 14.8. The minimum absolute atomic E-state index is 0.300. The second-order valence-corrected chi connectivity index (χ2v) is 7.95. The van der Waals surface area contributed by atoms with Gasteiger partial charge in [-0.25, -0.2) is 0 Å². The molecule has 20 heavy (non-hydrogen) atoms. The highest BCUT2D eigenvalue weighted by Gasteiger charge is 2.46. The van der Waals surface area contributed by atoms with Crippen LogP contribution in [0.1, 0.15) is 64.2 Å². The molecule has 4 unspecified atom stereocenters. The van der Waals surface area contributed by atoms with Crippen molar-refractivity contribution in [2.24, 2.45) is 23.6 Å². The molecule has 3 saturated carbocycles. The molecule has 2 bridgehead atoms. The van der Waals surface area contributed by atoms with Crippen LogP contribution in [-0.2, 0) is 0 Å². The maximum atomic E-state index is 6.03. The molecule has 3 nitrogen and oxygen atoms in total. The second-order valence-electron chi connectivity index (χ2n) is 7.95. The lowest BCUT2D eigenvalue weighted by Gasteiger charge is -2.49. The Bertz CT molecular complexity index is 322. The van der Waals surface area contributed by atoms with E-state index in [4.69, 9.17) is 5.84 Å². The lowest BCUT2D eigenvalue weighted by Crippen LogP contribution is -2.62. The third kappa shape index (κ3) is 2.53. The lowest BCUT2D eigenvalue weighted by molar-refractivity contribution is 0.0424. The summed E-state index contributed by atoms with van der Waals surface area (Å²) in [7, 11) is 4.52. The van der Waals surface area contributed by atoms with E-state index in [0.717, 1.165) is 17.8 Å². The number of hydrazine groups is 1. The normalized spacial score (nSPS) is 37.5. The highest BCUT2D eigenvalue weighted by Crippen LogP contribution is 2.51. The molecule has 3 rings (SSSR count). The third-order valence-electron chi connectivity index (χ3n) is 6.88. The lowest BCUT2D eigenvalue weighted by atomic mass is 9.71. The van der Waals surface area contributed by atoms with Crippen molar-refractivity contribution in [3.8, 4) is 0 Å². The molecule has 3 heteroatoms. The minimum Gasteiger partial charge on any atom is -0.302 e. The number of rotatable bonds is 5. The summed E-state index contributed by atoms with van der Waals surface area (Å²) >= 11 is 0. The molecule has 0 radical (unpaired) electrons. The highest BCUT2D eigenvalue weighted by atomic mass is 15.3. The first-order chi connectivity index (χ1) is 9.65. The quantitative estimate of drug-likeness (QED) is 0.600. The predicted octanol–water partition coefficient (Wildman–Crippen LogP) is 2.91. The van der Waals surface area contributed by atoms with Gasteiger partial charge in [0.15, 0.2) is 0 Å². The Kier molecular flexibility index (Phi) is 4.40. The summed E-state index contributed by atoms with van der Waals surface area (Å²) in [5.41, 5.74) is 3.54. The number of nitrogens with zero attached hydrogens (tertiary/aromatic N) is 1. The Morgan fingerprint density at radius 1 is 1.15 bits per heavy atom. The van der Waals surface area contributed by atoms with Gasteiger partial charge in [0.2, 0.25) is 0 Å². The average molecular weight is 279 g/mol. The zero-order chi connectivity index (χ0) is 14.2. The summed E-state index contributed by atoms with van der Waals surface area (Å²) in [5, 5.41) is 0. The minimum atomic E-state index is 0.300. The van der Waals surface area contributed by atoms with E-state index in [1.54, 1.807) is 0 Å². The Labute approximate surface area is 124 Å². The van der Waals surface area contributed by atoms with E-state index in [-0.39, 0.29) is 0 Å². The van der Waals surface area contributed by atoms with Crippen molar-refractivity contribution in [2.45, 2.75) is 75.8 Å². The van der Waals surface area contributed by atoms with Gasteiger partial charge in [0.1, 0.15) is 0 Å². The summed E-state index contributed by atoms with van der Waals surface area (Å²) in [6.45, 7) is 0. The maximum absolute atomic E-state index is 6.03. The molecule has 3 N–H and O–H groups in total. The Hall–Kier alpha value is -0.120. The average Bonchev–Trinajstić information content (AvgIpc) is 3.07. The number of nitrogens with two attached hydrogens (primary N) is 1. The summed E-state index contributed by atoms with van der Waals surface area (Å²) in [6, 6.07) is 0.474. The van der Waals surface area contributed by atoms with Crippen LogP contribution >= 0.6 is 0 Å². The summed E-state index contributed by atoms with van der Waals surface area (Å²) < 4.78 is 0. The van der Waals surface area contributed by atoms with Crippen LogP contribution in [0.3, 0.4) is 0 Å². The van der Waals surface area contributed by atoms with Gasteiger partial charge in [-0.3, -0.25) is 11.3 Å². The van der Waals surface area contributed by atoms with E-state index in [9.17, 15) is 0 Å². The van der Waals surface area contributed by atoms with Crippen LogP contribution in [0.25, 0.3) is 0 Å². The van der Waals surface area contributed by atoms with E-state index in [1.807, 2.05) is 0 Å². The number of hydrogen-bond acceptors (Lipinski definition) is 3. The van der Waals surface area contributed by atoms with Gasteiger partial charge < -0.3 is 4.90 Å².